The highest BCUT2D eigenvalue weighted by Gasteiger charge is 2.16. The molecule has 124 valence electrons. The minimum Gasteiger partial charge on any atom is -0.488 e. The molecular weight excluding hydrogens is 309 g/mol. The minimum atomic E-state index is -1.12. The molecule has 0 amide bonds. The van der Waals surface area contributed by atoms with E-state index in [-0.39, 0.29) is 13.2 Å². The quantitative estimate of drug-likeness (QED) is 0.642. The summed E-state index contributed by atoms with van der Waals surface area (Å²) in [6.07, 6.45) is -0.229. The van der Waals surface area contributed by atoms with Gasteiger partial charge in [0.15, 0.2) is 6.23 Å². The summed E-state index contributed by atoms with van der Waals surface area (Å²) in [6.45, 7) is -0.440. The van der Waals surface area contributed by atoms with E-state index < -0.39 is 23.3 Å². The Morgan fingerprint density at radius 2 is 2.17 bits per heavy atom. The number of aromatic nitrogens is 2. The van der Waals surface area contributed by atoms with Crippen LogP contribution < -0.4 is 21.7 Å². The predicted molar refractivity (Wildman–Crippen MR) is 79.6 cm³/mol. The third-order valence-corrected chi connectivity index (χ3v) is 3.14. The first-order valence-corrected chi connectivity index (χ1v) is 6.62. The zero-order chi connectivity index (χ0) is 17.0. The number of aliphatic hydroxyl groups is 1. The number of H-pyrrole nitrogens is 1. The second kappa shape index (κ2) is 7.07. The number of aliphatic hydroxyl groups excluding tert-OH is 1. The van der Waals surface area contributed by atoms with E-state index in [1.54, 1.807) is 18.2 Å². The maximum absolute atomic E-state index is 13.3. The number of rotatable bonds is 6. The molecule has 0 fully saturated rings. The highest BCUT2D eigenvalue weighted by atomic mass is 19.1. The summed E-state index contributed by atoms with van der Waals surface area (Å²) in [5.41, 5.74) is 4.60. The lowest BCUT2D eigenvalue weighted by atomic mass is 10.2. The van der Waals surface area contributed by atoms with Crippen molar-refractivity contribution in [1.82, 2.24) is 9.55 Å². The van der Waals surface area contributed by atoms with Gasteiger partial charge >= 0.3 is 5.69 Å². The normalized spacial score (nSPS) is 12.1. The van der Waals surface area contributed by atoms with Gasteiger partial charge in [-0.1, -0.05) is 0 Å². The molecule has 2 rings (SSSR count). The number of aromatic amines is 1. The summed E-state index contributed by atoms with van der Waals surface area (Å²) in [6, 6.07) is 4.69. The maximum Gasteiger partial charge on any atom is 0.330 e. The fourth-order valence-electron chi connectivity index (χ4n) is 1.96. The number of nitrogen functional groups attached to an aromatic ring is 1. The molecule has 2 aromatic rings. The van der Waals surface area contributed by atoms with Gasteiger partial charge < -0.3 is 20.3 Å². The molecular formula is C14H16FN3O5. The van der Waals surface area contributed by atoms with E-state index in [0.717, 1.165) is 10.8 Å². The Balaban J connectivity index is 2.23. The van der Waals surface area contributed by atoms with Crippen LogP contribution in [0.3, 0.4) is 0 Å². The first-order chi connectivity index (χ1) is 11.0. The Labute approximate surface area is 129 Å². The Bertz CT molecular complexity index is 802. The number of ether oxygens (including phenoxy) is 2. The van der Waals surface area contributed by atoms with Crippen LogP contribution >= 0.6 is 0 Å². The minimum absolute atomic E-state index is 0.154. The van der Waals surface area contributed by atoms with Gasteiger partial charge in [0.1, 0.15) is 12.4 Å². The van der Waals surface area contributed by atoms with Crippen LogP contribution in [-0.2, 0) is 11.3 Å². The topological polar surface area (TPSA) is 120 Å². The van der Waals surface area contributed by atoms with E-state index in [1.165, 1.54) is 7.11 Å². The smallest absolute Gasteiger partial charge is 0.330 e. The number of nitrogens with zero attached hydrogens (tertiary/aromatic N) is 1. The van der Waals surface area contributed by atoms with Gasteiger partial charge in [0.05, 0.1) is 12.8 Å². The number of hydrogen-bond donors (Lipinski definition) is 3. The molecule has 0 spiro atoms. The Morgan fingerprint density at radius 1 is 1.43 bits per heavy atom. The van der Waals surface area contributed by atoms with Crippen LogP contribution in [0, 0.1) is 5.82 Å². The summed E-state index contributed by atoms with van der Waals surface area (Å²) in [7, 11) is 1.30. The number of methoxy groups -OCH3 is 1. The number of nitrogens with two attached hydrogens (primary N) is 1. The van der Waals surface area contributed by atoms with Gasteiger partial charge in [-0.25, -0.2) is 4.79 Å². The van der Waals surface area contributed by atoms with Gasteiger partial charge in [-0.05, 0) is 18.2 Å². The van der Waals surface area contributed by atoms with Gasteiger partial charge in [0.25, 0.3) is 5.56 Å². The highest BCUT2D eigenvalue weighted by molar-refractivity contribution is 5.47. The van der Waals surface area contributed by atoms with Crippen LogP contribution in [0.15, 0.2) is 34.0 Å². The van der Waals surface area contributed by atoms with Gasteiger partial charge in [-0.15, -0.1) is 0 Å². The maximum atomic E-state index is 13.3. The molecule has 0 aliphatic heterocycles. The fraction of sp³-hybridized carbons (Fsp3) is 0.286. The highest BCUT2D eigenvalue weighted by Crippen LogP contribution is 2.22. The van der Waals surface area contributed by atoms with E-state index in [0.29, 0.717) is 17.0 Å². The monoisotopic (exact) mass is 325 g/mol. The number of halogens is 1. The number of hydrogen-bond acceptors (Lipinski definition) is 6. The van der Waals surface area contributed by atoms with Gasteiger partial charge in [-0.2, -0.15) is 4.39 Å². The van der Waals surface area contributed by atoms with E-state index in [9.17, 15) is 19.1 Å². The van der Waals surface area contributed by atoms with E-state index in [1.807, 2.05) is 4.98 Å². The largest absolute Gasteiger partial charge is 0.488 e. The molecule has 0 bridgehead atoms. The van der Waals surface area contributed by atoms with Crippen molar-refractivity contribution in [3.8, 4) is 5.75 Å². The van der Waals surface area contributed by atoms with Gasteiger partial charge in [0, 0.05) is 18.4 Å². The standard InChI is InChI=1S/C14H16FN3O5/c1-22-12(18-5-10(15)13(20)17-14(18)21)7-23-11-3-2-9(16)4-8(11)6-19/h2-5,12,19H,6-7,16H2,1H3,(H,17,20,21). The Morgan fingerprint density at radius 3 is 2.83 bits per heavy atom. The van der Waals surface area contributed by atoms with Crippen LogP contribution in [0.5, 0.6) is 5.75 Å². The van der Waals surface area contributed by atoms with Crippen molar-refractivity contribution in [2.75, 3.05) is 19.5 Å². The van der Waals surface area contributed by atoms with Crippen molar-refractivity contribution in [2.24, 2.45) is 0 Å². The second-order valence-electron chi connectivity index (χ2n) is 4.67. The van der Waals surface area contributed by atoms with Crippen LogP contribution in [0.4, 0.5) is 10.1 Å². The van der Waals surface area contributed by atoms with Crippen molar-refractivity contribution in [3.05, 3.63) is 56.6 Å². The molecule has 1 aromatic carbocycles. The molecule has 23 heavy (non-hydrogen) atoms. The number of anilines is 1. The first kappa shape index (κ1) is 16.7. The average molecular weight is 325 g/mol. The van der Waals surface area contributed by atoms with Crippen molar-refractivity contribution in [1.29, 1.82) is 0 Å². The SMILES string of the molecule is COC(COc1ccc(N)cc1CO)n1cc(F)c(=O)[nH]c1=O. The molecule has 1 unspecified atom stereocenters. The molecule has 1 heterocycles. The first-order valence-electron chi connectivity index (χ1n) is 6.62. The lowest BCUT2D eigenvalue weighted by molar-refractivity contribution is 0.000909. The molecule has 1 atom stereocenters. The van der Waals surface area contributed by atoms with Gasteiger partial charge in [-0.3, -0.25) is 14.3 Å². The predicted octanol–water partition coefficient (Wildman–Crippen LogP) is -0.0258. The Hall–Kier alpha value is -2.65. The second-order valence-corrected chi connectivity index (χ2v) is 4.67. The van der Waals surface area contributed by atoms with E-state index >= 15 is 0 Å². The number of nitrogens with one attached hydrogen (secondary N) is 1. The molecule has 8 nitrogen and oxygen atoms in total. The third-order valence-electron chi connectivity index (χ3n) is 3.14. The zero-order valence-electron chi connectivity index (χ0n) is 12.3. The molecule has 0 saturated carbocycles. The Kier molecular flexibility index (Phi) is 5.14. The van der Waals surface area contributed by atoms with Crippen LogP contribution in [0.1, 0.15) is 11.8 Å². The molecule has 0 aliphatic carbocycles. The van der Waals surface area contributed by atoms with Crippen LogP contribution in [0.25, 0.3) is 0 Å². The molecule has 0 radical (unpaired) electrons. The van der Waals surface area contributed by atoms with E-state index in [4.69, 9.17) is 15.2 Å². The summed E-state index contributed by atoms with van der Waals surface area (Å²) < 4.78 is 24.8. The molecule has 0 saturated heterocycles. The number of benzene rings is 1. The lowest BCUT2D eigenvalue weighted by Gasteiger charge is -2.19. The molecule has 0 aliphatic rings. The zero-order valence-corrected chi connectivity index (χ0v) is 12.3. The summed E-state index contributed by atoms with van der Waals surface area (Å²) in [5, 5.41) is 9.28. The van der Waals surface area contributed by atoms with Crippen molar-refractivity contribution >= 4 is 5.69 Å². The summed E-state index contributed by atoms with van der Waals surface area (Å²) in [5.74, 6) is -0.767. The van der Waals surface area contributed by atoms with Crippen molar-refractivity contribution < 1.29 is 19.0 Å². The molecule has 4 N–H and O–H groups in total. The average Bonchev–Trinajstić information content (AvgIpc) is 2.53. The van der Waals surface area contributed by atoms with E-state index in [2.05, 4.69) is 0 Å². The summed E-state index contributed by atoms with van der Waals surface area (Å²) >= 11 is 0. The summed E-state index contributed by atoms with van der Waals surface area (Å²) in [4.78, 5) is 24.6. The lowest BCUT2D eigenvalue weighted by Crippen LogP contribution is -2.36. The van der Waals surface area contributed by atoms with Crippen LogP contribution in [-0.4, -0.2) is 28.4 Å². The fourth-order valence-corrected chi connectivity index (χ4v) is 1.96. The molecule has 9 heteroatoms. The van der Waals surface area contributed by atoms with Crippen molar-refractivity contribution in [2.45, 2.75) is 12.8 Å². The third kappa shape index (κ3) is 3.76. The van der Waals surface area contributed by atoms with Gasteiger partial charge in [0.2, 0.25) is 5.82 Å². The van der Waals surface area contributed by atoms with Crippen LogP contribution in [0.2, 0.25) is 0 Å². The van der Waals surface area contributed by atoms with Crippen molar-refractivity contribution in [3.63, 3.8) is 0 Å². The molecule has 1 aromatic heterocycles.